The average molecular weight is 385 g/mol. The number of amides is 1. The lowest BCUT2D eigenvalue weighted by molar-refractivity contribution is -0.129. The number of methoxy groups -OCH3 is 1. The monoisotopic (exact) mass is 384 g/mol. The molecular weight excluding hydrogens is 352 g/mol. The first kappa shape index (κ1) is 20.6. The Balaban J connectivity index is 1.45. The van der Waals surface area contributed by atoms with Gasteiger partial charge < -0.3 is 9.64 Å². The Morgan fingerprint density at radius 1 is 1.25 bits per heavy atom. The second kappa shape index (κ2) is 9.85. The van der Waals surface area contributed by atoms with Crippen LogP contribution in [0.3, 0.4) is 0 Å². The van der Waals surface area contributed by atoms with Crippen molar-refractivity contribution in [2.45, 2.75) is 25.8 Å². The molecule has 1 aliphatic rings. The molecule has 6 heteroatoms. The lowest BCUT2D eigenvalue weighted by Crippen LogP contribution is -2.31. The standard InChI is InChI=1S/C22H32N4O2/c1-24(10-11-28-3)22(27)13-19-6-4-18(5-7-19)12-20-8-9-26(16-20)17-21-14-23-25(2)15-21/h4-7,14-15,20H,8-13,16-17H2,1-3H3. The van der Waals surface area contributed by atoms with E-state index >= 15 is 0 Å². The van der Waals surface area contributed by atoms with Gasteiger partial charge in [-0.25, -0.2) is 0 Å². The molecule has 1 fully saturated rings. The van der Waals surface area contributed by atoms with E-state index in [0.717, 1.165) is 31.6 Å². The second-order valence-electron chi connectivity index (χ2n) is 7.92. The van der Waals surface area contributed by atoms with Crippen molar-refractivity contribution in [3.05, 3.63) is 53.3 Å². The molecule has 0 radical (unpaired) electrons. The van der Waals surface area contributed by atoms with E-state index in [-0.39, 0.29) is 5.91 Å². The highest BCUT2D eigenvalue weighted by Crippen LogP contribution is 2.22. The predicted octanol–water partition coefficient (Wildman–Crippen LogP) is 2.13. The highest BCUT2D eigenvalue weighted by Gasteiger charge is 2.23. The van der Waals surface area contributed by atoms with Crippen molar-refractivity contribution in [3.8, 4) is 0 Å². The van der Waals surface area contributed by atoms with Gasteiger partial charge >= 0.3 is 0 Å². The number of ether oxygens (including phenoxy) is 1. The topological polar surface area (TPSA) is 50.6 Å². The van der Waals surface area contributed by atoms with Crippen molar-refractivity contribution < 1.29 is 9.53 Å². The fourth-order valence-electron chi connectivity index (χ4n) is 3.82. The molecule has 0 saturated carbocycles. The maximum atomic E-state index is 12.2. The lowest BCUT2D eigenvalue weighted by Gasteiger charge is -2.17. The highest BCUT2D eigenvalue weighted by atomic mass is 16.5. The molecule has 1 aromatic carbocycles. The predicted molar refractivity (Wildman–Crippen MR) is 110 cm³/mol. The first-order valence-electron chi connectivity index (χ1n) is 10.0. The summed E-state index contributed by atoms with van der Waals surface area (Å²) in [4.78, 5) is 16.5. The third-order valence-corrected chi connectivity index (χ3v) is 5.49. The Labute approximate surface area is 168 Å². The number of rotatable bonds is 9. The Morgan fingerprint density at radius 3 is 2.68 bits per heavy atom. The molecule has 28 heavy (non-hydrogen) atoms. The van der Waals surface area contributed by atoms with E-state index in [9.17, 15) is 4.79 Å². The fourth-order valence-corrected chi connectivity index (χ4v) is 3.82. The summed E-state index contributed by atoms with van der Waals surface area (Å²) < 4.78 is 6.90. The van der Waals surface area contributed by atoms with Crippen LogP contribution in [0.2, 0.25) is 0 Å². The highest BCUT2D eigenvalue weighted by molar-refractivity contribution is 5.78. The molecule has 1 saturated heterocycles. The number of benzene rings is 1. The zero-order valence-electron chi connectivity index (χ0n) is 17.3. The van der Waals surface area contributed by atoms with Crippen LogP contribution in [-0.2, 0) is 36.0 Å². The molecule has 0 spiro atoms. The van der Waals surface area contributed by atoms with Crippen LogP contribution in [0.4, 0.5) is 0 Å². The van der Waals surface area contributed by atoms with Crippen molar-refractivity contribution in [1.29, 1.82) is 0 Å². The number of carbonyl (C=O) groups is 1. The molecule has 1 unspecified atom stereocenters. The number of carbonyl (C=O) groups excluding carboxylic acids is 1. The largest absolute Gasteiger partial charge is 0.383 e. The minimum Gasteiger partial charge on any atom is -0.383 e. The number of aromatic nitrogens is 2. The van der Waals surface area contributed by atoms with E-state index in [1.807, 2.05) is 25.0 Å². The molecule has 2 heterocycles. The van der Waals surface area contributed by atoms with E-state index in [2.05, 4.69) is 40.5 Å². The smallest absolute Gasteiger partial charge is 0.226 e. The Bertz CT molecular complexity index is 756. The van der Waals surface area contributed by atoms with Crippen LogP contribution in [0, 0.1) is 5.92 Å². The second-order valence-corrected chi connectivity index (χ2v) is 7.92. The van der Waals surface area contributed by atoms with Crippen LogP contribution >= 0.6 is 0 Å². The summed E-state index contributed by atoms with van der Waals surface area (Å²) in [6.07, 6.45) is 6.85. The molecule has 6 nitrogen and oxygen atoms in total. The van der Waals surface area contributed by atoms with E-state index in [1.54, 1.807) is 12.0 Å². The quantitative estimate of drug-likeness (QED) is 0.665. The molecule has 2 aromatic rings. The third-order valence-electron chi connectivity index (χ3n) is 5.49. The summed E-state index contributed by atoms with van der Waals surface area (Å²) >= 11 is 0. The van der Waals surface area contributed by atoms with E-state index < -0.39 is 0 Å². The number of hydrogen-bond acceptors (Lipinski definition) is 4. The van der Waals surface area contributed by atoms with Crippen LogP contribution in [-0.4, -0.2) is 65.9 Å². The van der Waals surface area contributed by atoms with Gasteiger partial charge in [0.1, 0.15) is 0 Å². The molecule has 3 rings (SSSR count). The Kier molecular flexibility index (Phi) is 7.23. The van der Waals surface area contributed by atoms with Gasteiger partial charge in [0, 0.05) is 52.6 Å². The molecule has 0 aliphatic carbocycles. The van der Waals surface area contributed by atoms with Gasteiger partial charge in [-0.15, -0.1) is 0 Å². The summed E-state index contributed by atoms with van der Waals surface area (Å²) in [5.74, 6) is 0.830. The number of nitrogens with zero attached hydrogens (tertiary/aromatic N) is 4. The fraction of sp³-hybridized carbons (Fsp3) is 0.545. The van der Waals surface area contributed by atoms with Crippen molar-refractivity contribution >= 4 is 5.91 Å². The van der Waals surface area contributed by atoms with Gasteiger partial charge in [0.15, 0.2) is 0 Å². The van der Waals surface area contributed by atoms with Gasteiger partial charge in [-0.2, -0.15) is 5.10 Å². The van der Waals surface area contributed by atoms with Crippen molar-refractivity contribution in [3.63, 3.8) is 0 Å². The lowest BCUT2D eigenvalue weighted by atomic mass is 9.97. The Morgan fingerprint density at radius 2 is 2.00 bits per heavy atom. The zero-order chi connectivity index (χ0) is 19.9. The molecular formula is C22H32N4O2. The van der Waals surface area contributed by atoms with Gasteiger partial charge in [0.25, 0.3) is 0 Å². The first-order chi connectivity index (χ1) is 13.5. The summed E-state index contributed by atoms with van der Waals surface area (Å²) in [6.45, 7) is 4.48. The van der Waals surface area contributed by atoms with E-state index in [0.29, 0.717) is 25.5 Å². The van der Waals surface area contributed by atoms with Crippen molar-refractivity contribution in [1.82, 2.24) is 19.6 Å². The van der Waals surface area contributed by atoms with Gasteiger partial charge in [0.05, 0.1) is 19.2 Å². The summed E-state index contributed by atoms with van der Waals surface area (Å²) in [5.41, 5.74) is 3.72. The molecule has 152 valence electrons. The molecule has 1 aliphatic heterocycles. The average Bonchev–Trinajstić information content (AvgIpc) is 3.30. The number of likely N-dealkylation sites (tertiary alicyclic amines) is 1. The molecule has 1 atom stereocenters. The SMILES string of the molecule is COCCN(C)C(=O)Cc1ccc(CC2CCN(Cc3cnn(C)c3)C2)cc1. The first-order valence-corrected chi connectivity index (χ1v) is 10.0. The maximum Gasteiger partial charge on any atom is 0.226 e. The molecule has 1 aromatic heterocycles. The number of likely N-dealkylation sites (N-methyl/N-ethyl adjacent to an activating group) is 1. The molecule has 0 bridgehead atoms. The van der Waals surface area contributed by atoms with Crippen molar-refractivity contribution in [2.24, 2.45) is 13.0 Å². The molecule has 1 amide bonds. The minimum absolute atomic E-state index is 0.131. The molecule has 0 N–H and O–H groups in total. The summed E-state index contributed by atoms with van der Waals surface area (Å²) in [7, 11) is 5.44. The maximum absolute atomic E-state index is 12.2. The van der Waals surface area contributed by atoms with Crippen LogP contribution in [0.1, 0.15) is 23.1 Å². The van der Waals surface area contributed by atoms with Crippen LogP contribution in [0.15, 0.2) is 36.7 Å². The normalized spacial score (nSPS) is 17.2. The number of aryl methyl sites for hydroxylation is 1. The minimum atomic E-state index is 0.131. The summed E-state index contributed by atoms with van der Waals surface area (Å²) in [6, 6.07) is 8.56. The van der Waals surface area contributed by atoms with Gasteiger partial charge in [-0.05, 0) is 36.4 Å². The van der Waals surface area contributed by atoms with Gasteiger partial charge in [0.2, 0.25) is 5.91 Å². The van der Waals surface area contributed by atoms with Crippen LogP contribution in [0.5, 0.6) is 0 Å². The van der Waals surface area contributed by atoms with Gasteiger partial charge in [-0.1, -0.05) is 24.3 Å². The Hall–Kier alpha value is -2.18. The van der Waals surface area contributed by atoms with Crippen LogP contribution < -0.4 is 0 Å². The number of hydrogen-bond donors (Lipinski definition) is 0. The van der Waals surface area contributed by atoms with Crippen LogP contribution in [0.25, 0.3) is 0 Å². The third kappa shape index (κ3) is 5.91. The summed E-state index contributed by atoms with van der Waals surface area (Å²) in [5, 5.41) is 4.26. The van der Waals surface area contributed by atoms with E-state index in [4.69, 9.17) is 4.74 Å². The van der Waals surface area contributed by atoms with Gasteiger partial charge in [-0.3, -0.25) is 14.4 Å². The van der Waals surface area contributed by atoms with Crippen molar-refractivity contribution in [2.75, 3.05) is 40.4 Å². The van der Waals surface area contributed by atoms with E-state index in [1.165, 1.54) is 17.5 Å². The zero-order valence-corrected chi connectivity index (χ0v) is 17.3.